The van der Waals surface area contributed by atoms with Crippen molar-refractivity contribution < 1.29 is 18.7 Å². The monoisotopic (exact) mass is 409 g/mol. The third-order valence-corrected chi connectivity index (χ3v) is 5.91. The molecule has 1 heterocycles. The van der Waals surface area contributed by atoms with Crippen LogP contribution in [0.5, 0.6) is 0 Å². The number of carbonyl (C=O) groups is 2. The summed E-state index contributed by atoms with van der Waals surface area (Å²) < 4.78 is 18.5. The number of carbonyl (C=O) groups excluding carboxylic acids is 2. The molecule has 0 unspecified atom stereocenters. The fourth-order valence-electron chi connectivity index (χ4n) is 3.46. The molecule has 1 fully saturated rings. The third-order valence-electron chi connectivity index (χ3n) is 5.02. The summed E-state index contributed by atoms with van der Waals surface area (Å²) in [6.45, 7) is 1.96. The second-order valence-electron chi connectivity index (χ2n) is 6.93. The van der Waals surface area contributed by atoms with Crippen molar-refractivity contribution in [2.75, 3.05) is 11.9 Å². The van der Waals surface area contributed by atoms with E-state index in [1.807, 2.05) is 30.3 Å². The summed E-state index contributed by atoms with van der Waals surface area (Å²) >= 11 is 1.27. The van der Waals surface area contributed by atoms with E-state index < -0.39 is 5.97 Å². The molecule has 1 amide bonds. The van der Waals surface area contributed by atoms with E-state index in [0.29, 0.717) is 21.7 Å². The van der Waals surface area contributed by atoms with Crippen molar-refractivity contribution in [1.82, 2.24) is 0 Å². The van der Waals surface area contributed by atoms with Gasteiger partial charge in [-0.3, -0.25) is 4.79 Å². The van der Waals surface area contributed by atoms with Crippen molar-refractivity contribution >= 4 is 28.2 Å². The number of benzene rings is 2. The molecule has 0 bridgehead atoms. The molecule has 4 rings (SSSR count). The van der Waals surface area contributed by atoms with Gasteiger partial charge in [-0.1, -0.05) is 42.5 Å². The Morgan fingerprint density at radius 2 is 1.86 bits per heavy atom. The van der Waals surface area contributed by atoms with Crippen LogP contribution in [-0.4, -0.2) is 18.5 Å². The van der Waals surface area contributed by atoms with E-state index in [0.717, 1.165) is 12.0 Å². The first-order valence-electron chi connectivity index (χ1n) is 9.48. The molecule has 0 spiro atoms. The minimum absolute atomic E-state index is 0.100. The van der Waals surface area contributed by atoms with Gasteiger partial charge in [0.1, 0.15) is 16.4 Å². The lowest BCUT2D eigenvalue weighted by Gasteiger charge is -2.09. The zero-order valence-electron chi connectivity index (χ0n) is 15.9. The lowest BCUT2D eigenvalue weighted by Crippen LogP contribution is -2.16. The number of esters is 1. The maximum atomic E-state index is 13.3. The molecule has 3 aromatic rings. The second kappa shape index (κ2) is 8.17. The molecule has 148 valence electrons. The second-order valence-corrected chi connectivity index (χ2v) is 7.81. The van der Waals surface area contributed by atoms with E-state index in [1.54, 1.807) is 24.4 Å². The first-order valence-corrected chi connectivity index (χ1v) is 10.4. The minimum atomic E-state index is -0.501. The zero-order valence-corrected chi connectivity index (χ0v) is 16.7. The van der Waals surface area contributed by atoms with Crippen LogP contribution in [0, 0.1) is 11.7 Å². The van der Waals surface area contributed by atoms with Gasteiger partial charge in [-0.05, 0) is 42.5 Å². The Balaban J connectivity index is 1.58. The molecule has 2 aromatic carbocycles. The molecule has 1 aromatic heterocycles. The molecule has 0 aliphatic heterocycles. The van der Waals surface area contributed by atoms with Crippen molar-refractivity contribution in [1.29, 1.82) is 0 Å². The van der Waals surface area contributed by atoms with E-state index in [2.05, 4.69) is 5.32 Å². The van der Waals surface area contributed by atoms with Gasteiger partial charge in [0.2, 0.25) is 5.91 Å². The van der Waals surface area contributed by atoms with E-state index in [9.17, 15) is 14.0 Å². The quantitative estimate of drug-likeness (QED) is 0.549. The molecule has 1 N–H and O–H groups in total. The van der Waals surface area contributed by atoms with Gasteiger partial charge >= 0.3 is 5.97 Å². The number of hydrogen-bond acceptors (Lipinski definition) is 4. The van der Waals surface area contributed by atoms with E-state index in [4.69, 9.17) is 4.74 Å². The van der Waals surface area contributed by atoms with Crippen molar-refractivity contribution in [2.45, 2.75) is 19.3 Å². The van der Waals surface area contributed by atoms with Gasteiger partial charge in [0, 0.05) is 16.9 Å². The van der Waals surface area contributed by atoms with Crippen LogP contribution < -0.4 is 5.32 Å². The molecule has 1 saturated carbocycles. The highest BCUT2D eigenvalue weighted by molar-refractivity contribution is 7.15. The fourth-order valence-corrected chi connectivity index (χ4v) is 4.42. The van der Waals surface area contributed by atoms with E-state index in [1.165, 1.54) is 23.5 Å². The minimum Gasteiger partial charge on any atom is -0.462 e. The molecular formula is C23H20FNO3S. The topological polar surface area (TPSA) is 55.4 Å². The number of thiophene rings is 1. The van der Waals surface area contributed by atoms with Crippen LogP contribution in [-0.2, 0) is 9.53 Å². The molecule has 4 nitrogen and oxygen atoms in total. The maximum Gasteiger partial charge on any atom is 0.341 e. The number of rotatable bonds is 6. The summed E-state index contributed by atoms with van der Waals surface area (Å²) in [4.78, 5) is 25.4. The van der Waals surface area contributed by atoms with Crippen LogP contribution in [0.25, 0.3) is 11.1 Å². The van der Waals surface area contributed by atoms with Crippen molar-refractivity contribution in [3.8, 4) is 11.1 Å². The standard InChI is InChI=1S/C23H20FNO3S/c1-2-28-23(27)20-19(15-8-10-16(24)11-9-15)13-29-22(20)25-21(26)18-12-17(18)14-6-4-3-5-7-14/h3-11,13,17-18H,2,12H2,1H3,(H,25,26)/t17-,18+/m1/s1. The molecule has 1 aliphatic carbocycles. The highest BCUT2D eigenvalue weighted by atomic mass is 32.1. The Morgan fingerprint density at radius 1 is 1.14 bits per heavy atom. The Hall–Kier alpha value is -2.99. The first kappa shape index (κ1) is 19.3. The van der Waals surface area contributed by atoms with Crippen LogP contribution >= 0.6 is 11.3 Å². The van der Waals surface area contributed by atoms with Gasteiger partial charge < -0.3 is 10.1 Å². The average Bonchev–Trinajstić information content (AvgIpc) is 3.43. The summed E-state index contributed by atoms with van der Waals surface area (Å²) in [5.41, 5.74) is 2.78. The normalized spacial score (nSPS) is 17.6. The van der Waals surface area contributed by atoms with Gasteiger partial charge in [-0.2, -0.15) is 0 Å². The molecule has 6 heteroatoms. The van der Waals surface area contributed by atoms with Crippen LogP contribution in [0.1, 0.15) is 35.2 Å². The van der Waals surface area contributed by atoms with Gasteiger partial charge in [-0.15, -0.1) is 11.3 Å². The molecule has 29 heavy (non-hydrogen) atoms. The summed E-state index contributed by atoms with van der Waals surface area (Å²) in [6.07, 6.45) is 0.792. The Kier molecular flexibility index (Phi) is 5.45. The zero-order chi connectivity index (χ0) is 20.4. The molecule has 0 radical (unpaired) electrons. The Morgan fingerprint density at radius 3 is 2.55 bits per heavy atom. The summed E-state index contributed by atoms with van der Waals surface area (Å²) in [5, 5.41) is 5.17. The summed E-state index contributed by atoms with van der Waals surface area (Å²) in [7, 11) is 0. The number of nitrogens with one attached hydrogen (secondary N) is 1. The number of anilines is 1. The average molecular weight is 409 g/mol. The first-order chi connectivity index (χ1) is 14.1. The number of halogens is 1. The van der Waals surface area contributed by atoms with Crippen molar-refractivity contribution in [3.05, 3.63) is 76.9 Å². The smallest absolute Gasteiger partial charge is 0.341 e. The van der Waals surface area contributed by atoms with Crippen LogP contribution in [0.2, 0.25) is 0 Å². The van der Waals surface area contributed by atoms with Gasteiger partial charge in [0.25, 0.3) is 0 Å². The maximum absolute atomic E-state index is 13.3. The largest absolute Gasteiger partial charge is 0.462 e. The Bertz CT molecular complexity index is 1030. The van der Waals surface area contributed by atoms with Crippen LogP contribution in [0.15, 0.2) is 60.0 Å². The number of amides is 1. The predicted molar refractivity (Wildman–Crippen MR) is 112 cm³/mol. The molecule has 1 aliphatic rings. The van der Waals surface area contributed by atoms with E-state index >= 15 is 0 Å². The third kappa shape index (κ3) is 4.07. The summed E-state index contributed by atoms with van der Waals surface area (Å²) in [5.74, 6) is -0.853. The van der Waals surface area contributed by atoms with Crippen LogP contribution in [0.3, 0.4) is 0 Å². The SMILES string of the molecule is CCOC(=O)c1c(-c2ccc(F)cc2)csc1NC(=O)[C@H]1C[C@@H]1c1ccccc1. The fraction of sp³-hybridized carbons (Fsp3) is 0.217. The van der Waals surface area contributed by atoms with Crippen LogP contribution in [0.4, 0.5) is 9.39 Å². The molecule has 2 atom stereocenters. The lowest BCUT2D eigenvalue weighted by molar-refractivity contribution is -0.117. The Labute approximate surface area is 172 Å². The van der Waals surface area contributed by atoms with Gasteiger partial charge in [0.15, 0.2) is 0 Å². The van der Waals surface area contributed by atoms with Crippen molar-refractivity contribution in [2.24, 2.45) is 5.92 Å². The predicted octanol–water partition coefficient (Wildman–Crippen LogP) is 5.47. The van der Waals surface area contributed by atoms with Gasteiger partial charge in [0.05, 0.1) is 6.61 Å². The number of hydrogen-bond donors (Lipinski definition) is 1. The summed E-state index contributed by atoms with van der Waals surface area (Å²) in [6, 6.07) is 15.8. The molecular weight excluding hydrogens is 389 g/mol. The number of ether oxygens (including phenoxy) is 1. The van der Waals surface area contributed by atoms with Crippen molar-refractivity contribution in [3.63, 3.8) is 0 Å². The lowest BCUT2D eigenvalue weighted by atomic mass is 10.0. The van der Waals surface area contributed by atoms with E-state index in [-0.39, 0.29) is 30.2 Å². The highest BCUT2D eigenvalue weighted by Gasteiger charge is 2.44. The van der Waals surface area contributed by atoms with Gasteiger partial charge in [-0.25, -0.2) is 9.18 Å². The molecule has 0 saturated heterocycles. The highest BCUT2D eigenvalue weighted by Crippen LogP contribution is 2.48.